The number of thiophene rings is 1. The van der Waals surface area contributed by atoms with Gasteiger partial charge in [0.1, 0.15) is 39.7 Å². The molecule has 20 aliphatic rings. The highest BCUT2D eigenvalue weighted by Crippen LogP contribution is 2.79. The van der Waals surface area contributed by atoms with E-state index in [2.05, 4.69) is 226 Å². The van der Waals surface area contributed by atoms with Crippen LogP contribution in [0.2, 0.25) is 0 Å². The molecular formula is C118H117FN24O5S2. The van der Waals surface area contributed by atoms with Crippen LogP contribution in [-0.2, 0) is 56.7 Å². The Hall–Kier alpha value is -14.7. The maximum absolute atomic E-state index is 14.2. The van der Waals surface area contributed by atoms with Crippen molar-refractivity contribution in [1.82, 2.24) is 93.2 Å². The van der Waals surface area contributed by atoms with Gasteiger partial charge in [-0.05, 0) is 281 Å². The number of benzene rings is 6. The number of hydrazone groups is 4. The van der Waals surface area contributed by atoms with Crippen LogP contribution in [-0.4, -0.2) is 154 Å². The fourth-order valence-corrected chi connectivity index (χ4v) is 31.4. The average molecular weight is 2030 g/mol. The molecule has 5 unspecified atom stereocenters. The molecule has 16 fully saturated rings. The van der Waals surface area contributed by atoms with Crippen LogP contribution in [0.5, 0.6) is 0 Å². The molecule has 15 heterocycles. The molecule has 0 radical (unpaired) electrons. The highest BCUT2D eigenvalue weighted by atomic mass is 32.1. The van der Waals surface area contributed by atoms with Crippen LogP contribution in [0.4, 0.5) is 4.39 Å². The first-order valence-electron chi connectivity index (χ1n) is 52.9. The monoisotopic (exact) mass is 2030 g/mol. The zero-order chi connectivity index (χ0) is 102. The van der Waals surface area contributed by atoms with Crippen LogP contribution >= 0.6 is 22.7 Å². The summed E-state index contributed by atoms with van der Waals surface area (Å²) in [7, 11) is 0. The van der Waals surface area contributed by atoms with Crippen molar-refractivity contribution in [3.8, 4) is 6.07 Å². The zero-order valence-electron chi connectivity index (χ0n) is 85.3. The van der Waals surface area contributed by atoms with Gasteiger partial charge in [0.15, 0.2) is 0 Å². The Balaban J connectivity index is 0.0000000922. The highest BCUT2D eigenvalue weighted by Gasteiger charge is 2.77. The van der Waals surface area contributed by atoms with E-state index in [0.717, 1.165) is 199 Å². The fraction of sp³-hybridized carbons (Fsp3) is 0.407. The van der Waals surface area contributed by atoms with Crippen LogP contribution in [0.1, 0.15) is 230 Å². The number of pyridine rings is 2. The Bertz CT molecular complexity index is 8360. The minimum atomic E-state index is -0.257. The summed E-state index contributed by atoms with van der Waals surface area (Å²) in [6, 6.07) is 54.9. The van der Waals surface area contributed by atoms with E-state index in [-0.39, 0.29) is 120 Å². The van der Waals surface area contributed by atoms with E-state index in [1.54, 1.807) is 37.4 Å². The van der Waals surface area contributed by atoms with Crippen molar-refractivity contribution < 1.29 is 28.4 Å². The first-order valence-corrected chi connectivity index (χ1v) is 54.6. The molecule has 36 rings (SSSR count). The molecule has 5 aliphatic heterocycles. The van der Waals surface area contributed by atoms with Gasteiger partial charge in [0.05, 0.1) is 115 Å². The maximum Gasteiger partial charge on any atom is 0.249 e. The number of likely N-dealkylation sites (tertiary alicyclic amines) is 1. The van der Waals surface area contributed by atoms with E-state index in [1.165, 1.54) is 99.7 Å². The fourth-order valence-electron chi connectivity index (χ4n) is 29.6. The van der Waals surface area contributed by atoms with E-state index >= 15 is 0 Å². The molecular weight excluding hydrogens is 1920 g/mol. The summed E-state index contributed by atoms with van der Waals surface area (Å²) in [6.45, 7) is 19.6. The zero-order valence-corrected chi connectivity index (χ0v) is 86.9. The lowest BCUT2D eigenvalue weighted by atomic mass is 9.34. The molecule has 1 saturated heterocycles. The quantitative estimate of drug-likeness (QED) is 0.0685. The molecule has 10 bridgehead atoms. The number of thiazole rings is 1. The summed E-state index contributed by atoms with van der Waals surface area (Å²) in [5.41, 5.74) is 16.7. The molecule has 15 saturated carbocycles. The van der Waals surface area contributed by atoms with Crippen molar-refractivity contribution in [2.75, 3.05) is 6.54 Å². The van der Waals surface area contributed by atoms with Crippen LogP contribution in [0.3, 0.4) is 0 Å². The van der Waals surface area contributed by atoms with Crippen molar-refractivity contribution in [3.05, 3.63) is 289 Å². The second-order valence-electron chi connectivity index (χ2n) is 47.5. The Kier molecular flexibility index (Phi) is 21.5. The lowest BCUT2D eigenvalue weighted by molar-refractivity contribution is -0.227. The van der Waals surface area contributed by atoms with E-state index in [9.17, 15) is 28.4 Å². The summed E-state index contributed by atoms with van der Waals surface area (Å²) >= 11 is 3.08. The van der Waals surface area contributed by atoms with Gasteiger partial charge in [-0.15, -0.1) is 22.7 Å². The van der Waals surface area contributed by atoms with Crippen molar-refractivity contribution in [3.63, 3.8) is 0 Å². The van der Waals surface area contributed by atoms with Gasteiger partial charge in [-0.25, -0.2) is 34.4 Å². The highest BCUT2D eigenvalue weighted by molar-refractivity contribution is 7.12. The predicted octanol–water partition coefficient (Wildman–Crippen LogP) is 21.6. The number of nitrogens with zero attached hydrogens (tertiary/aromatic N) is 24. The minimum Gasteiger partial charge on any atom is -0.335 e. The number of carbonyl (C=O) groups is 5. The molecule has 6 aromatic carbocycles. The molecule has 5 atom stereocenters. The molecule has 150 heavy (non-hydrogen) atoms. The SMILES string of the molecule is Cc1ccc2c(cnn2CC23CC(C(=O)N4CCC4c4ccccc4F)(C2)C3)c1.Cc1ccc2c(cnn2CC23CC(C(=O)N4N=CCC4c4ccc(C#N)s4)(C2)C3)c1.Cc1ccc2c(cnn2CC23CC(C(=O)N4N=CCC4c4ccc(C)nc4)(C2)C3)c1.Cc1ccc2c(cnn2CC23CC(C(=O)N4N=CCC4c4nc(C)cs4)(C2)C3)c1.Cc1ccc2c(cnn2CC23CC(C(=O)N4N=CCC4c4ncc5ccccn45)(C2)C3)c1. The number of aromatic nitrogens is 14. The van der Waals surface area contributed by atoms with Gasteiger partial charge in [0.25, 0.3) is 0 Å². The number of aryl methyl sites for hydroxylation is 7. The number of fused-ring (bicyclic) bond motifs is 6. The Labute approximate surface area is 874 Å². The van der Waals surface area contributed by atoms with Gasteiger partial charge in [0.2, 0.25) is 29.5 Å². The number of imidazole rings is 1. The summed E-state index contributed by atoms with van der Waals surface area (Å²) in [4.78, 5) is 84.2. The normalized spacial score (nSPS) is 29.2. The Morgan fingerprint density at radius 3 is 1.15 bits per heavy atom. The number of carbonyl (C=O) groups excluding carboxylic acids is 5. The smallest absolute Gasteiger partial charge is 0.249 e. The van der Waals surface area contributed by atoms with Gasteiger partial charge in [-0.3, -0.25) is 52.4 Å². The van der Waals surface area contributed by atoms with E-state index in [1.807, 2.05) is 147 Å². The third-order valence-electron chi connectivity index (χ3n) is 36.2. The number of nitriles is 1. The standard InChI is InChI=1S/C25H24N6O.C24H24FN3O.C24H25N5O.C23H21N5OS.C22H23N5OS/c1-17-5-6-20-18(10-17)11-28-30(20)16-24-13-25(14-24,15-24)23(32)31-21(7-8-27-31)22-26-12-19-4-2-3-9-29(19)22;1-16-6-7-20-17(10-16)11-26-28(20)15-23-12-24(13-23,14-23)22(29)27-9-8-21(27)18-4-2-3-5-19(18)25;1-16-3-6-20-19(9-16)11-27-28(20)15-23-12-24(13-23,14-23)22(30)29-21(7-8-26-29)18-5-4-17(2)25-10-18;1-15-2-4-18-16(8-15)10-26-27(18)14-22-11-23(12-22,13-22)21(29)28-19(6-7-25-28)20-5-3-17(9-24)30-20;1-14-3-4-17-16(7-14)8-24-26(17)13-21-10-22(11-21,12-21)20(28)27-18(5-6-23-27)19-25-15(2)9-29-19/h2-6,8-12,21H,7,13-16H2,1H3;2-7,10-11,21H,8-9,12-15H2,1H3;3-6,8-11,21H,7,12-15H2,1-2H3;2-5,7-8,10,19H,6,11-14H2,1H3;3-4,6-9,18H,5,10-13H2,1-2H3. The summed E-state index contributed by atoms with van der Waals surface area (Å²) < 4.78 is 26.8. The molecule has 0 spiro atoms. The summed E-state index contributed by atoms with van der Waals surface area (Å²) in [5.74, 6) is 1.59. The van der Waals surface area contributed by atoms with Crippen molar-refractivity contribution in [2.24, 2.45) is 74.6 Å². The second-order valence-corrected chi connectivity index (χ2v) is 49.5. The summed E-state index contributed by atoms with van der Waals surface area (Å²) in [6.07, 6.45) is 40.7. The largest absolute Gasteiger partial charge is 0.335 e. The molecule has 32 heteroatoms. The average Bonchev–Trinajstić information content (AvgIpc) is 0.916. The number of halogens is 1. The van der Waals surface area contributed by atoms with Gasteiger partial charge in [-0.1, -0.05) is 88.5 Å². The van der Waals surface area contributed by atoms with Gasteiger partial charge < -0.3 is 9.30 Å². The van der Waals surface area contributed by atoms with E-state index in [4.69, 9.17) is 5.26 Å². The first-order chi connectivity index (χ1) is 72.5. The van der Waals surface area contributed by atoms with Gasteiger partial charge in [0, 0.05) is 156 Å². The Morgan fingerprint density at radius 1 is 0.387 bits per heavy atom. The number of amides is 5. The molecule has 16 aromatic rings. The third-order valence-corrected chi connectivity index (χ3v) is 38.3. The molecule has 29 nitrogen and oxygen atoms in total. The number of hydrogen-bond donors (Lipinski definition) is 0. The van der Waals surface area contributed by atoms with E-state index in [0.29, 0.717) is 16.9 Å². The molecule has 758 valence electrons. The third kappa shape index (κ3) is 15.3. The van der Waals surface area contributed by atoms with Crippen molar-refractivity contribution in [1.29, 1.82) is 5.26 Å². The topological polar surface area (TPSA) is 307 Å². The van der Waals surface area contributed by atoms with Crippen molar-refractivity contribution >= 4 is 137 Å². The lowest BCUT2D eigenvalue weighted by Gasteiger charge is -2.70. The van der Waals surface area contributed by atoms with Crippen LogP contribution < -0.4 is 0 Å². The van der Waals surface area contributed by atoms with E-state index < -0.39 is 0 Å². The number of rotatable bonds is 20. The molecule has 10 aromatic heterocycles. The minimum absolute atomic E-state index is 0.0196. The number of hydrogen-bond acceptors (Lipinski definition) is 20. The molecule has 5 amide bonds. The molecule has 15 aliphatic carbocycles. The van der Waals surface area contributed by atoms with Gasteiger partial charge >= 0.3 is 0 Å². The first kappa shape index (κ1) is 93.8. The lowest BCUT2D eigenvalue weighted by Crippen LogP contribution is -2.70. The van der Waals surface area contributed by atoms with Crippen LogP contribution in [0, 0.1) is 120 Å². The van der Waals surface area contributed by atoms with Gasteiger partial charge in [-0.2, -0.15) is 51.2 Å². The Morgan fingerprint density at radius 2 is 0.767 bits per heavy atom. The second kappa shape index (κ2) is 34.4. The maximum atomic E-state index is 14.2. The summed E-state index contributed by atoms with van der Waals surface area (Å²) in [5, 5.41) is 65.8. The molecule has 0 N–H and O–H groups in total. The predicted molar refractivity (Wildman–Crippen MR) is 572 cm³/mol. The van der Waals surface area contributed by atoms with Crippen molar-refractivity contribution in [2.45, 2.75) is 240 Å². The van der Waals surface area contributed by atoms with Crippen LogP contribution in [0.25, 0.3) is 60.0 Å². The van der Waals surface area contributed by atoms with Crippen LogP contribution in [0.15, 0.2) is 233 Å².